The molecule has 0 atom stereocenters. The Kier molecular flexibility index (Phi) is 3.25. The predicted octanol–water partition coefficient (Wildman–Crippen LogP) is 4.23. The topological polar surface area (TPSA) is 12.0 Å². The molecule has 0 aliphatic heterocycles. The molecule has 1 heteroatoms. The van der Waals surface area contributed by atoms with Crippen molar-refractivity contribution in [3.8, 4) is 0 Å². The first-order valence-corrected chi connectivity index (χ1v) is 8.21. The van der Waals surface area contributed by atoms with E-state index in [1.165, 1.54) is 19.5 Å². The fourth-order valence-electron chi connectivity index (χ4n) is 5.30. The predicted molar refractivity (Wildman–Crippen MR) is 77.5 cm³/mol. The van der Waals surface area contributed by atoms with E-state index in [1.807, 2.05) is 0 Å². The van der Waals surface area contributed by atoms with Crippen molar-refractivity contribution in [2.75, 3.05) is 13.1 Å². The molecule has 0 aromatic heterocycles. The molecule has 4 bridgehead atoms. The molecule has 0 amide bonds. The van der Waals surface area contributed by atoms with Gasteiger partial charge in [-0.2, -0.15) is 0 Å². The van der Waals surface area contributed by atoms with E-state index >= 15 is 0 Å². The van der Waals surface area contributed by atoms with E-state index in [0.29, 0.717) is 10.8 Å². The van der Waals surface area contributed by atoms with Gasteiger partial charge in [-0.15, -0.1) is 0 Å². The Bertz CT molecular complexity index is 269. The van der Waals surface area contributed by atoms with Gasteiger partial charge in [0.05, 0.1) is 0 Å². The number of nitrogens with one attached hydrogen (secondary N) is 1. The van der Waals surface area contributed by atoms with Crippen LogP contribution in [0, 0.1) is 28.6 Å². The molecule has 4 fully saturated rings. The third kappa shape index (κ3) is 2.48. The van der Waals surface area contributed by atoms with Crippen LogP contribution in [0.15, 0.2) is 0 Å². The van der Waals surface area contributed by atoms with Gasteiger partial charge in [-0.1, -0.05) is 20.8 Å². The first-order valence-electron chi connectivity index (χ1n) is 8.21. The Hall–Kier alpha value is -0.0400. The third-order valence-corrected chi connectivity index (χ3v) is 6.23. The van der Waals surface area contributed by atoms with E-state index in [-0.39, 0.29) is 0 Å². The highest BCUT2D eigenvalue weighted by atomic mass is 14.9. The molecule has 4 saturated carbocycles. The maximum atomic E-state index is 3.83. The standard InChI is InChI=1S/C17H31N/c1-4-16(2,3)11-18-12-17-8-13-5-14(9-17)7-15(6-13)10-17/h13-15,18H,4-12H2,1-3H3. The van der Waals surface area contributed by atoms with E-state index in [2.05, 4.69) is 26.1 Å². The molecule has 0 radical (unpaired) electrons. The number of rotatable bonds is 5. The largest absolute Gasteiger partial charge is 0.316 e. The third-order valence-electron chi connectivity index (χ3n) is 6.23. The van der Waals surface area contributed by atoms with Crippen molar-refractivity contribution in [2.24, 2.45) is 28.6 Å². The summed E-state index contributed by atoms with van der Waals surface area (Å²) in [5, 5.41) is 3.83. The molecule has 0 heterocycles. The van der Waals surface area contributed by atoms with Gasteiger partial charge in [0.2, 0.25) is 0 Å². The van der Waals surface area contributed by atoms with Crippen molar-refractivity contribution >= 4 is 0 Å². The molecule has 0 unspecified atom stereocenters. The molecule has 1 N–H and O–H groups in total. The maximum Gasteiger partial charge on any atom is 0.000834 e. The maximum absolute atomic E-state index is 3.83. The van der Waals surface area contributed by atoms with Crippen LogP contribution in [0.3, 0.4) is 0 Å². The molecule has 0 aromatic rings. The van der Waals surface area contributed by atoms with Crippen LogP contribution in [0.1, 0.15) is 65.7 Å². The Balaban J connectivity index is 1.56. The Morgan fingerprint density at radius 3 is 1.94 bits per heavy atom. The molecule has 4 aliphatic carbocycles. The number of hydrogen-bond donors (Lipinski definition) is 1. The van der Waals surface area contributed by atoms with Gasteiger partial charge in [-0.05, 0) is 73.5 Å². The van der Waals surface area contributed by atoms with E-state index in [0.717, 1.165) is 17.8 Å². The summed E-state index contributed by atoms with van der Waals surface area (Å²) in [5.74, 6) is 3.28. The second-order valence-electron chi connectivity index (χ2n) is 8.54. The summed E-state index contributed by atoms with van der Waals surface area (Å²) in [6.07, 6.45) is 10.6. The molecule has 0 saturated heterocycles. The number of hydrogen-bond acceptors (Lipinski definition) is 1. The molecule has 18 heavy (non-hydrogen) atoms. The zero-order valence-electron chi connectivity index (χ0n) is 12.6. The van der Waals surface area contributed by atoms with Crippen LogP contribution in [0.5, 0.6) is 0 Å². The van der Waals surface area contributed by atoms with Gasteiger partial charge in [0, 0.05) is 13.1 Å². The first kappa shape index (κ1) is 13.0. The Morgan fingerprint density at radius 2 is 1.50 bits per heavy atom. The average molecular weight is 249 g/mol. The summed E-state index contributed by atoms with van der Waals surface area (Å²) < 4.78 is 0. The van der Waals surface area contributed by atoms with Crippen LogP contribution >= 0.6 is 0 Å². The zero-order valence-corrected chi connectivity index (χ0v) is 12.6. The van der Waals surface area contributed by atoms with Gasteiger partial charge in [-0.25, -0.2) is 0 Å². The van der Waals surface area contributed by atoms with Crippen molar-refractivity contribution in [3.63, 3.8) is 0 Å². The van der Waals surface area contributed by atoms with Crippen molar-refractivity contribution in [3.05, 3.63) is 0 Å². The monoisotopic (exact) mass is 249 g/mol. The van der Waals surface area contributed by atoms with E-state index in [4.69, 9.17) is 0 Å². The van der Waals surface area contributed by atoms with Crippen molar-refractivity contribution in [1.29, 1.82) is 0 Å². The van der Waals surface area contributed by atoms with Gasteiger partial charge < -0.3 is 5.32 Å². The fourth-order valence-corrected chi connectivity index (χ4v) is 5.30. The highest BCUT2D eigenvalue weighted by Crippen LogP contribution is 2.59. The summed E-state index contributed by atoms with van der Waals surface area (Å²) in [6, 6.07) is 0. The first-order chi connectivity index (χ1) is 8.50. The lowest BCUT2D eigenvalue weighted by Crippen LogP contribution is -2.51. The molecule has 0 spiro atoms. The molecular weight excluding hydrogens is 218 g/mol. The van der Waals surface area contributed by atoms with Gasteiger partial charge in [0.25, 0.3) is 0 Å². The molecule has 104 valence electrons. The Labute approximate surface area is 113 Å². The lowest BCUT2D eigenvalue weighted by Gasteiger charge is -2.57. The van der Waals surface area contributed by atoms with E-state index < -0.39 is 0 Å². The SMILES string of the molecule is CCC(C)(C)CNCC12CC3CC(CC(C3)C1)C2. The second kappa shape index (κ2) is 4.51. The highest BCUT2D eigenvalue weighted by Gasteiger charge is 2.50. The fraction of sp³-hybridized carbons (Fsp3) is 1.00. The minimum atomic E-state index is 0.474. The lowest BCUT2D eigenvalue weighted by molar-refractivity contribution is -0.0520. The summed E-state index contributed by atoms with van der Waals surface area (Å²) >= 11 is 0. The molecule has 0 aromatic carbocycles. The van der Waals surface area contributed by atoms with Crippen LogP contribution in [-0.2, 0) is 0 Å². The molecule has 4 aliphatic rings. The summed E-state index contributed by atoms with van der Waals surface area (Å²) in [5.41, 5.74) is 1.18. The Morgan fingerprint density at radius 1 is 1.00 bits per heavy atom. The quantitative estimate of drug-likeness (QED) is 0.769. The van der Waals surface area contributed by atoms with Gasteiger partial charge in [0.1, 0.15) is 0 Å². The average Bonchev–Trinajstić information content (AvgIpc) is 2.26. The molecule has 4 rings (SSSR count). The zero-order chi connectivity index (χ0) is 12.8. The summed E-state index contributed by atoms with van der Waals surface area (Å²) in [6.45, 7) is 9.59. The van der Waals surface area contributed by atoms with Gasteiger partial charge in [-0.3, -0.25) is 0 Å². The van der Waals surface area contributed by atoms with Crippen LogP contribution in [-0.4, -0.2) is 13.1 Å². The van der Waals surface area contributed by atoms with Crippen LogP contribution in [0.2, 0.25) is 0 Å². The summed E-state index contributed by atoms with van der Waals surface area (Å²) in [7, 11) is 0. The normalized spacial score (nSPS) is 42.5. The van der Waals surface area contributed by atoms with Crippen molar-refractivity contribution in [2.45, 2.75) is 65.7 Å². The van der Waals surface area contributed by atoms with Crippen LogP contribution < -0.4 is 5.32 Å². The minimum absolute atomic E-state index is 0.474. The lowest BCUT2D eigenvalue weighted by atomic mass is 9.49. The van der Waals surface area contributed by atoms with Gasteiger partial charge in [0.15, 0.2) is 0 Å². The highest BCUT2D eigenvalue weighted by molar-refractivity contribution is 5.02. The van der Waals surface area contributed by atoms with E-state index in [9.17, 15) is 0 Å². The van der Waals surface area contributed by atoms with Gasteiger partial charge >= 0.3 is 0 Å². The van der Waals surface area contributed by atoms with Crippen molar-refractivity contribution < 1.29 is 0 Å². The van der Waals surface area contributed by atoms with Crippen LogP contribution in [0.4, 0.5) is 0 Å². The smallest absolute Gasteiger partial charge is 0.000834 e. The van der Waals surface area contributed by atoms with E-state index in [1.54, 1.807) is 38.5 Å². The summed E-state index contributed by atoms with van der Waals surface area (Å²) in [4.78, 5) is 0. The second-order valence-corrected chi connectivity index (χ2v) is 8.54. The molecular formula is C17H31N. The minimum Gasteiger partial charge on any atom is -0.316 e. The van der Waals surface area contributed by atoms with Crippen molar-refractivity contribution in [1.82, 2.24) is 5.32 Å². The molecule has 1 nitrogen and oxygen atoms in total. The van der Waals surface area contributed by atoms with Crippen LogP contribution in [0.25, 0.3) is 0 Å².